The average molecular weight is 292 g/mol. The molecule has 5 nitrogen and oxygen atoms in total. The van der Waals surface area contributed by atoms with Crippen molar-refractivity contribution in [2.24, 2.45) is 0 Å². The van der Waals surface area contributed by atoms with E-state index in [1.54, 1.807) is 4.90 Å². The Bertz CT molecular complexity index is 512. The fraction of sp³-hybridized carbons (Fsp3) is 0.500. The van der Waals surface area contributed by atoms with E-state index < -0.39 is 0 Å². The first kappa shape index (κ1) is 17.2. The van der Waals surface area contributed by atoms with E-state index in [0.29, 0.717) is 0 Å². The Labute approximate surface area is 126 Å². The number of carbonyl (C=O) groups excluding carboxylic acids is 2. The van der Waals surface area contributed by atoms with Gasteiger partial charge in [-0.25, -0.2) is 0 Å². The molecular formula is C16H24N2O3. The van der Waals surface area contributed by atoms with Crippen LogP contribution < -0.4 is 5.32 Å². The second-order valence-electron chi connectivity index (χ2n) is 5.37. The number of ether oxygens (including phenoxy) is 1. The minimum Gasteiger partial charge on any atom is -0.468 e. The lowest BCUT2D eigenvalue weighted by molar-refractivity contribution is -0.142. The van der Waals surface area contributed by atoms with Crippen LogP contribution in [-0.2, 0) is 14.3 Å². The molecule has 1 N–H and O–H groups in total. The van der Waals surface area contributed by atoms with Crippen LogP contribution in [0.5, 0.6) is 0 Å². The maximum atomic E-state index is 12.2. The number of carbonyl (C=O) groups is 2. The van der Waals surface area contributed by atoms with Gasteiger partial charge >= 0.3 is 5.97 Å². The lowest BCUT2D eigenvalue weighted by Crippen LogP contribution is -2.41. The number of anilines is 1. The topological polar surface area (TPSA) is 58.6 Å². The summed E-state index contributed by atoms with van der Waals surface area (Å²) in [6.45, 7) is 8.11. The average Bonchev–Trinajstić information content (AvgIpc) is 2.42. The third-order valence-corrected chi connectivity index (χ3v) is 3.52. The summed E-state index contributed by atoms with van der Waals surface area (Å²) >= 11 is 0. The van der Waals surface area contributed by atoms with Gasteiger partial charge in [-0.3, -0.25) is 14.5 Å². The van der Waals surface area contributed by atoms with E-state index in [1.165, 1.54) is 7.11 Å². The number of esters is 1. The van der Waals surface area contributed by atoms with Crippen molar-refractivity contribution < 1.29 is 14.3 Å². The summed E-state index contributed by atoms with van der Waals surface area (Å²) in [6, 6.07) is 5.86. The van der Waals surface area contributed by atoms with E-state index in [4.69, 9.17) is 0 Å². The monoisotopic (exact) mass is 292 g/mol. The van der Waals surface area contributed by atoms with Crippen LogP contribution in [0.25, 0.3) is 0 Å². The van der Waals surface area contributed by atoms with Gasteiger partial charge in [-0.15, -0.1) is 0 Å². The van der Waals surface area contributed by atoms with Crippen LogP contribution >= 0.6 is 0 Å². The van der Waals surface area contributed by atoms with Crippen molar-refractivity contribution in [2.75, 3.05) is 25.5 Å². The third kappa shape index (κ3) is 5.19. The third-order valence-electron chi connectivity index (χ3n) is 3.52. The highest BCUT2D eigenvalue weighted by Gasteiger charge is 2.18. The molecule has 116 valence electrons. The van der Waals surface area contributed by atoms with E-state index >= 15 is 0 Å². The molecule has 0 heterocycles. The standard InChI is InChI=1S/C16H24N2O3/c1-11(2)18(10-16(20)21-5)9-15(19)17-14-8-6-7-12(3)13(14)4/h6-8,11H,9-10H2,1-5H3,(H,17,19). The summed E-state index contributed by atoms with van der Waals surface area (Å²) in [7, 11) is 1.34. The highest BCUT2D eigenvalue weighted by atomic mass is 16.5. The van der Waals surface area contributed by atoms with Gasteiger partial charge in [-0.2, -0.15) is 0 Å². The van der Waals surface area contributed by atoms with Gasteiger partial charge in [0.1, 0.15) is 0 Å². The Morgan fingerprint density at radius 1 is 1.24 bits per heavy atom. The van der Waals surface area contributed by atoms with Crippen LogP contribution in [0.1, 0.15) is 25.0 Å². The number of benzene rings is 1. The zero-order valence-corrected chi connectivity index (χ0v) is 13.4. The molecule has 1 aromatic carbocycles. The molecule has 0 atom stereocenters. The van der Waals surface area contributed by atoms with Crippen LogP contribution in [-0.4, -0.2) is 43.0 Å². The van der Waals surface area contributed by atoms with E-state index in [1.807, 2.05) is 45.9 Å². The second-order valence-corrected chi connectivity index (χ2v) is 5.37. The quantitative estimate of drug-likeness (QED) is 0.816. The first-order valence-corrected chi connectivity index (χ1v) is 7.02. The SMILES string of the molecule is COC(=O)CN(CC(=O)Nc1cccc(C)c1C)C(C)C. The normalized spacial score (nSPS) is 10.8. The number of aryl methyl sites for hydroxylation is 1. The minimum atomic E-state index is -0.344. The number of hydrogen-bond acceptors (Lipinski definition) is 4. The fourth-order valence-electron chi connectivity index (χ4n) is 1.91. The summed E-state index contributed by atoms with van der Waals surface area (Å²) in [5, 5.41) is 2.89. The molecule has 0 saturated heterocycles. The predicted octanol–water partition coefficient (Wildman–Crippen LogP) is 2.13. The zero-order chi connectivity index (χ0) is 16.0. The molecular weight excluding hydrogens is 268 g/mol. The number of amides is 1. The van der Waals surface area contributed by atoms with Crippen LogP contribution in [0, 0.1) is 13.8 Å². The summed E-state index contributed by atoms with van der Waals surface area (Å²) in [4.78, 5) is 25.3. The molecule has 0 aliphatic heterocycles. The zero-order valence-electron chi connectivity index (χ0n) is 13.4. The predicted molar refractivity (Wildman–Crippen MR) is 83.3 cm³/mol. The molecule has 0 aliphatic rings. The maximum Gasteiger partial charge on any atom is 0.319 e. The summed E-state index contributed by atoms with van der Waals surface area (Å²) < 4.78 is 4.65. The van der Waals surface area contributed by atoms with E-state index in [9.17, 15) is 9.59 Å². The van der Waals surface area contributed by atoms with Gasteiger partial charge in [0.15, 0.2) is 0 Å². The van der Waals surface area contributed by atoms with Crippen molar-refractivity contribution in [3.05, 3.63) is 29.3 Å². The number of methoxy groups -OCH3 is 1. The molecule has 1 rings (SSSR count). The molecule has 0 spiro atoms. The van der Waals surface area contributed by atoms with Gasteiger partial charge in [0, 0.05) is 11.7 Å². The molecule has 0 bridgehead atoms. The number of nitrogens with zero attached hydrogens (tertiary/aromatic N) is 1. The summed E-state index contributed by atoms with van der Waals surface area (Å²) in [5.74, 6) is -0.482. The highest BCUT2D eigenvalue weighted by Crippen LogP contribution is 2.17. The Morgan fingerprint density at radius 3 is 2.48 bits per heavy atom. The van der Waals surface area contributed by atoms with Crippen molar-refractivity contribution >= 4 is 17.6 Å². The second kappa shape index (κ2) is 7.78. The maximum absolute atomic E-state index is 12.2. The van der Waals surface area contributed by atoms with E-state index in [-0.39, 0.29) is 31.0 Å². The van der Waals surface area contributed by atoms with Gasteiger partial charge in [0.25, 0.3) is 0 Å². The molecule has 0 saturated carbocycles. The number of rotatable bonds is 6. The van der Waals surface area contributed by atoms with Gasteiger partial charge in [0.2, 0.25) is 5.91 Å². The van der Waals surface area contributed by atoms with Gasteiger partial charge < -0.3 is 10.1 Å². The van der Waals surface area contributed by atoms with Gasteiger partial charge in [-0.05, 0) is 44.9 Å². The molecule has 0 aromatic heterocycles. The molecule has 0 aliphatic carbocycles. The molecule has 1 aromatic rings. The largest absolute Gasteiger partial charge is 0.468 e. The molecule has 0 radical (unpaired) electrons. The molecule has 5 heteroatoms. The Morgan fingerprint density at radius 2 is 1.90 bits per heavy atom. The van der Waals surface area contributed by atoms with Gasteiger partial charge in [0.05, 0.1) is 20.2 Å². The lowest BCUT2D eigenvalue weighted by atomic mass is 10.1. The Hall–Kier alpha value is -1.88. The number of hydrogen-bond donors (Lipinski definition) is 1. The minimum absolute atomic E-state index is 0.0773. The first-order valence-electron chi connectivity index (χ1n) is 7.02. The van der Waals surface area contributed by atoms with Crippen LogP contribution in [0.2, 0.25) is 0 Å². The van der Waals surface area contributed by atoms with Crippen LogP contribution in [0.15, 0.2) is 18.2 Å². The summed E-state index contributed by atoms with van der Waals surface area (Å²) in [6.07, 6.45) is 0. The van der Waals surface area contributed by atoms with Crippen molar-refractivity contribution in [2.45, 2.75) is 33.7 Å². The smallest absolute Gasteiger partial charge is 0.319 e. The van der Waals surface area contributed by atoms with Crippen LogP contribution in [0.3, 0.4) is 0 Å². The van der Waals surface area contributed by atoms with Crippen molar-refractivity contribution in [1.82, 2.24) is 4.90 Å². The molecule has 0 unspecified atom stereocenters. The van der Waals surface area contributed by atoms with Gasteiger partial charge in [-0.1, -0.05) is 12.1 Å². The number of nitrogens with one attached hydrogen (secondary N) is 1. The Balaban J connectivity index is 2.70. The van der Waals surface area contributed by atoms with Crippen LogP contribution in [0.4, 0.5) is 5.69 Å². The molecule has 1 amide bonds. The fourth-order valence-corrected chi connectivity index (χ4v) is 1.91. The Kier molecular flexibility index (Phi) is 6.37. The highest BCUT2D eigenvalue weighted by molar-refractivity contribution is 5.93. The van der Waals surface area contributed by atoms with Crippen molar-refractivity contribution in [3.63, 3.8) is 0 Å². The van der Waals surface area contributed by atoms with E-state index in [0.717, 1.165) is 16.8 Å². The molecule has 0 fully saturated rings. The molecule has 21 heavy (non-hydrogen) atoms. The lowest BCUT2D eigenvalue weighted by Gasteiger charge is -2.24. The van der Waals surface area contributed by atoms with E-state index in [2.05, 4.69) is 10.1 Å². The van der Waals surface area contributed by atoms with Crippen molar-refractivity contribution in [3.8, 4) is 0 Å². The first-order chi connectivity index (χ1) is 9.85. The van der Waals surface area contributed by atoms with Crippen molar-refractivity contribution in [1.29, 1.82) is 0 Å². The summed E-state index contributed by atoms with van der Waals surface area (Å²) in [5.41, 5.74) is 2.99.